The number of hydrogen-bond donors (Lipinski definition) is 3. The Morgan fingerprint density at radius 1 is 1.21 bits per heavy atom. The lowest BCUT2D eigenvalue weighted by molar-refractivity contribution is -0.116. The van der Waals surface area contributed by atoms with Crippen LogP contribution in [0.5, 0.6) is 5.75 Å². The molecule has 2 aromatic carbocycles. The number of hydrogen-bond acceptors (Lipinski definition) is 6. The van der Waals surface area contributed by atoms with Gasteiger partial charge in [0.15, 0.2) is 11.5 Å². The van der Waals surface area contributed by atoms with E-state index < -0.39 is 5.91 Å². The number of anilines is 3. The van der Waals surface area contributed by atoms with Crippen LogP contribution in [-0.2, 0) is 11.3 Å². The van der Waals surface area contributed by atoms with Gasteiger partial charge in [-0.05, 0) is 42.5 Å². The molecule has 0 fully saturated rings. The molecular weight excluding hydrogens is 464 g/mol. The third-order valence-corrected chi connectivity index (χ3v) is 4.58. The largest absolute Gasteiger partial charge is 0.495 e. The average molecular weight is 480 g/mol. The van der Waals surface area contributed by atoms with Gasteiger partial charge in [0.05, 0.1) is 12.8 Å². The van der Waals surface area contributed by atoms with Crippen LogP contribution in [-0.4, -0.2) is 33.9 Å². The van der Waals surface area contributed by atoms with Crippen molar-refractivity contribution >= 4 is 56.5 Å². The fourth-order valence-electron chi connectivity index (χ4n) is 2.43. The molecule has 0 bridgehead atoms. The maximum Gasteiger partial charge on any atom is 0.280 e. The van der Waals surface area contributed by atoms with Crippen molar-refractivity contribution in [2.75, 3.05) is 23.5 Å². The Morgan fingerprint density at radius 3 is 2.62 bits per heavy atom. The average Bonchev–Trinajstić information content (AvgIpc) is 3.04. The van der Waals surface area contributed by atoms with Crippen LogP contribution in [0.25, 0.3) is 0 Å². The number of nitrogen functional groups attached to an aromatic ring is 1. The van der Waals surface area contributed by atoms with E-state index in [-0.39, 0.29) is 24.0 Å². The molecular formula is C18H16BrClN6O3. The molecule has 0 saturated heterocycles. The Bertz CT molecular complexity index is 1050. The molecule has 3 rings (SSSR count). The first-order valence-corrected chi connectivity index (χ1v) is 9.43. The second-order valence-corrected chi connectivity index (χ2v) is 7.19. The summed E-state index contributed by atoms with van der Waals surface area (Å²) >= 11 is 9.28. The summed E-state index contributed by atoms with van der Waals surface area (Å²) in [6.45, 7) is -0.206. The molecule has 0 aliphatic heterocycles. The maximum atomic E-state index is 12.5. The van der Waals surface area contributed by atoms with E-state index >= 15 is 0 Å². The predicted octanol–water partition coefficient (Wildman–Crippen LogP) is 3.18. The summed E-state index contributed by atoms with van der Waals surface area (Å²) in [6.07, 6.45) is 0. The molecule has 0 aliphatic carbocycles. The first-order chi connectivity index (χ1) is 13.9. The van der Waals surface area contributed by atoms with E-state index in [1.165, 1.54) is 13.2 Å². The number of halogens is 2. The first kappa shape index (κ1) is 20.6. The number of amides is 2. The highest BCUT2D eigenvalue weighted by molar-refractivity contribution is 9.10. The fraction of sp³-hybridized carbons (Fsp3) is 0.111. The van der Waals surface area contributed by atoms with Gasteiger partial charge in [0.25, 0.3) is 5.91 Å². The lowest BCUT2D eigenvalue weighted by Gasteiger charge is -2.10. The van der Waals surface area contributed by atoms with Gasteiger partial charge in [0, 0.05) is 15.2 Å². The van der Waals surface area contributed by atoms with Crippen LogP contribution in [0.3, 0.4) is 0 Å². The van der Waals surface area contributed by atoms with Crippen molar-refractivity contribution in [2.24, 2.45) is 0 Å². The topological polar surface area (TPSA) is 124 Å². The molecule has 0 radical (unpaired) electrons. The smallest absolute Gasteiger partial charge is 0.280 e. The minimum Gasteiger partial charge on any atom is -0.495 e. The molecule has 0 aliphatic rings. The van der Waals surface area contributed by atoms with Crippen molar-refractivity contribution in [2.45, 2.75) is 6.54 Å². The highest BCUT2D eigenvalue weighted by atomic mass is 79.9. The normalized spacial score (nSPS) is 10.4. The standard InChI is InChI=1S/C18H16BrClN6O3/c1-29-14-7-4-11(20)8-13(14)23-18(28)16-17(21)26(25-24-16)9-15(27)22-12-5-2-10(19)3-6-12/h2-8H,9,21H2,1H3,(H,22,27)(H,23,28). The van der Waals surface area contributed by atoms with Crippen LogP contribution in [0, 0.1) is 0 Å². The van der Waals surface area contributed by atoms with Crippen LogP contribution in [0.15, 0.2) is 46.9 Å². The van der Waals surface area contributed by atoms with Gasteiger partial charge in [-0.1, -0.05) is 32.7 Å². The van der Waals surface area contributed by atoms with Crippen molar-refractivity contribution in [1.29, 1.82) is 0 Å². The number of benzene rings is 2. The van der Waals surface area contributed by atoms with Crippen molar-refractivity contribution in [1.82, 2.24) is 15.0 Å². The quantitative estimate of drug-likeness (QED) is 0.499. The highest BCUT2D eigenvalue weighted by Crippen LogP contribution is 2.28. The number of methoxy groups -OCH3 is 1. The number of nitrogens with one attached hydrogen (secondary N) is 2. The number of aromatic nitrogens is 3. The number of rotatable bonds is 6. The summed E-state index contributed by atoms with van der Waals surface area (Å²) in [7, 11) is 1.47. The van der Waals surface area contributed by atoms with Crippen LogP contribution in [0.4, 0.5) is 17.2 Å². The van der Waals surface area contributed by atoms with E-state index in [0.717, 1.165) is 9.15 Å². The molecule has 2 amide bonds. The van der Waals surface area contributed by atoms with E-state index in [2.05, 4.69) is 36.9 Å². The number of carbonyl (C=O) groups is 2. The summed E-state index contributed by atoms with van der Waals surface area (Å²) in [4.78, 5) is 24.7. The lowest BCUT2D eigenvalue weighted by atomic mass is 10.2. The molecule has 0 spiro atoms. The van der Waals surface area contributed by atoms with Gasteiger partial charge in [-0.15, -0.1) is 5.10 Å². The van der Waals surface area contributed by atoms with E-state index in [1.54, 1.807) is 36.4 Å². The summed E-state index contributed by atoms with van der Waals surface area (Å²) in [5, 5.41) is 13.3. The van der Waals surface area contributed by atoms with Crippen molar-refractivity contribution in [3.05, 3.63) is 57.7 Å². The first-order valence-electron chi connectivity index (χ1n) is 8.26. The van der Waals surface area contributed by atoms with Gasteiger partial charge in [-0.25, -0.2) is 4.68 Å². The summed E-state index contributed by atoms with van der Waals surface area (Å²) in [5.74, 6) is -0.605. The molecule has 150 valence electrons. The lowest BCUT2D eigenvalue weighted by Crippen LogP contribution is -2.21. The zero-order valence-electron chi connectivity index (χ0n) is 15.1. The van der Waals surface area contributed by atoms with Crippen molar-refractivity contribution in [3.63, 3.8) is 0 Å². The summed E-state index contributed by atoms with van der Waals surface area (Å²) < 4.78 is 7.22. The number of carbonyl (C=O) groups excluding carboxylic acids is 2. The Labute approximate surface area is 179 Å². The number of nitrogens with zero attached hydrogens (tertiary/aromatic N) is 3. The molecule has 3 aromatic rings. The molecule has 1 aromatic heterocycles. The van der Waals surface area contributed by atoms with Crippen LogP contribution in [0.2, 0.25) is 5.02 Å². The highest BCUT2D eigenvalue weighted by Gasteiger charge is 2.20. The molecule has 11 heteroatoms. The van der Waals surface area contributed by atoms with Crippen molar-refractivity contribution in [3.8, 4) is 5.75 Å². The predicted molar refractivity (Wildman–Crippen MR) is 113 cm³/mol. The van der Waals surface area contributed by atoms with E-state index in [0.29, 0.717) is 22.1 Å². The minimum absolute atomic E-state index is 0.0468. The van der Waals surface area contributed by atoms with Gasteiger partial charge >= 0.3 is 0 Å². The monoisotopic (exact) mass is 478 g/mol. The molecule has 29 heavy (non-hydrogen) atoms. The number of nitrogens with two attached hydrogens (primary N) is 1. The Balaban J connectivity index is 1.70. The fourth-order valence-corrected chi connectivity index (χ4v) is 2.86. The second-order valence-electron chi connectivity index (χ2n) is 5.83. The Kier molecular flexibility index (Phi) is 6.35. The van der Waals surface area contributed by atoms with E-state index in [1.807, 2.05) is 0 Å². The number of ether oxygens (including phenoxy) is 1. The molecule has 0 saturated carbocycles. The van der Waals surface area contributed by atoms with E-state index in [4.69, 9.17) is 22.1 Å². The van der Waals surface area contributed by atoms with Crippen LogP contribution < -0.4 is 21.1 Å². The zero-order chi connectivity index (χ0) is 21.0. The van der Waals surface area contributed by atoms with Gasteiger partial charge < -0.3 is 21.1 Å². The van der Waals surface area contributed by atoms with E-state index in [9.17, 15) is 9.59 Å². The molecule has 4 N–H and O–H groups in total. The Morgan fingerprint density at radius 2 is 1.93 bits per heavy atom. The minimum atomic E-state index is -0.609. The molecule has 1 heterocycles. The maximum absolute atomic E-state index is 12.5. The summed E-state index contributed by atoms with van der Waals surface area (Å²) in [5.41, 5.74) is 6.80. The second kappa shape index (κ2) is 8.93. The van der Waals surface area contributed by atoms with Gasteiger partial charge in [-0.3, -0.25) is 9.59 Å². The molecule has 0 atom stereocenters. The van der Waals surface area contributed by atoms with Gasteiger partial charge in [-0.2, -0.15) is 0 Å². The van der Waals surface area contributed by atoms with Crippen LogP contribution in [0.1, 0.15) is 10.5 Å². The SMILES string of the molecule is COc1ccc(Cl)cc1NC(=O)c1nnn(CC(=O)Nc2ccc(Br)cc2)c1N. The van der Waals surface area contributed by atoms with Crippen LogP contribution >= 0.6 is 27.5 Å². The Hall–Kier alpha value is -3.11. The third kappa shape index (κ3) is 5.04. The zero-order valence-corrected chi connectivity index (χ0v) is 17.5. The summed E-state index contributed by atoms with van der Waals surface area (Å²) in [6, 6.07) is 11.9. The molecule has 9 nitrogen and oxygen atoms in total. The third-order valence-electron chi connectivity index (χ3n) is 3.82. The van der Waals surface area contributed by atoms with Gasteiger partial charge in [0.1, 0.15) is 12.3 Å². The van der Waals surface area contributed by atoms with Crippen molar-refractivity contribution < 1.29 is 14.3 Å². The van der Waals surface area contributed by atoms with Gasteiger partial charge in [0.2, 0.25) is 5.91 Å². The molecule has 0 unspecified atom stereocenters.